The molecule has 0 bridgehead atoms. The molecule has 0 aliphatic rings. The van der Waals surface area contributed by atoms with Gasteiger partial charge in [0.25, 0.3) is 0 Å². The molecule has 0 aliphatic carbocycles. The summed E-state index contributed by atoms with van der Waals surface area (Å²) in [5, 5.41) is 10.4. The topological polar surface area (TPSA) is 14.8 Å². The molecular formula is C66H45N3Si. The maximum Gasteiger partial charge on any atom is 0.179 e. The highest BCUT2D eigenvalue weighted by molar-refractivity contribution is 7.20. The van der Waals surface area contributed by atoms with Gasteiger partial charge in [0.05, 0.1) is 33.1 Å². The average Bonchev–Trinajstić information content (AvgIpc) is 4.09. The van der Waals surface area contributed by atoms with Crippen molar-refractivity contribution in [3.63, 3.8) is 0 Å². The van der Waals surface area contributed by atoms with Crippen molar-refractivity contribution in [2.45, 2.75) is 0 Å². The lowest BCUT2D eigenvalue weighted by molar-refractivity contribution is 1.15. The lowest BCUT2D eigenvalue weighted by Crippen LogP contribution is -2.74. The van der Waals surface area contributed by atoms with E-state index in [-0.39, 0.29) is 0 Å². The molecule has 0 saturated heterocycles. The van der Waals surface area contributed by atoms with Crippen LogP contribution < -0.4 is 20.7 Å². The van der Waals surface area contributed by atoms with Crippen molar-refractivity contribution in [1.29, 1.82) is 0 Å². The number of nitrogens with zero attached hydrogens (tertiary/aromatic N) is 3. The molecule has 0 unspecified atom stereocenters. The number of benzene rings is 11. The van der Waals surface area contributed by atoms with E-state index in [1.807, 2.05) is 0 Å². The van der Waals surface area contributed by atoms with Crippen LogP contribution in [0.1, 0.15) is 0 Å². The van der Waals surface area contributed by atoms with Crippen LogP contribution >= 0.6 is 0 Å². The Morgan fingerprint density at radius 3 is 1.17 bits per heavy atom. The molecule has 14 rings (SSSR count). The predicted octanol–water partition coefficient (Wildman–Crippen LogP) is 14.0. The van der Waals surface area contributed by atoms with Crippen LogP contribution in [0.2, 0.25) is 0 Å². The van der Waals surface area contributed by atoms with Gasteiger partial charge in [0.2, 0.25) is 0 Å². The van der Waals surface area contributed by atoms with Crippen molar-refractivity contribution in [3.8, 4) is 39.3 Å². The van der Waals surface area contributed by atoms with Gasteiger partial charge >= 0.3 is 0 Å². The molecule has 14 aromatic rings. The highest BCUT2D eigenvalue weighted by atomic mass is 28.3. The fourth-order valence-corrected chi connectivity index (χ4v) is 16.6. The fraction of sp³-hybridized carbons (Fsp3) is 0. The summed E-state index contributed by atoms with van der Waals surface area (Å²) >= 11 is 0. The fourth-order valence-electron chi connectivity index (χ4n) is 11.8. The predicted molar refractivity (Wildman–Crippen MR) is 298 cm³/mol. The van der Waals surface area contributed by atoms with E-state index in [1.54, 1.807) is 0 Å². The Morgan fingerprint density at radius 1 is 0.214 bits per heavy atom. The summed E-state index contributed by atoms with van der Waals surface area (Å²) in [7, 11) is -3.07. The minimum atomic E-state index is -3.07. The van der Waals surface area contributed by atoms with Crippen molar-refractivity contribution >= 4 is 83.5 Å². The van der Waals surface area contributed by atoms with E-state index in [0.717, 1.165) is 11.4 Å². The zero-order chi connectivity index (χ0) is 46.2. The minimum Gasteiger partial charge on any atom is -0.309 e. The molecule has 3 nitrogen and oxygen atoms in total. The summed E-state index contributed by atoms with van der Waals surface area (Å²) in [5.74, 6) is 0. The van der Waals surface area contributed by atoms with Crippen LogP contribution in [0.4, 0.5) is 0 Å². The summed E-state index contributed by atoms with van der Waals surface area (Å²) in [5.41, 5.74) is 15.5. The van der Waals surface area contributed by atoms with Gasteiger partial charge in [-0.05, 0) is 110 Å². The Balaban J connectivity index is 1.02. The van der Waals surface area contributed by atoms with Gasteiger partial charge in [-0.1, -0.05) is 206 Å². The molecule has 70 heavy (non-hydrogen) atoms. The zero-order valence-corrected chi connectivity index (χ0v) is 39.3. The van der Waals surface area contributed by atoms with Crippen LogP contribution in [0, 0.1) is 0 Å². The quantitative estimate of drug-likeness (QED) is 0.101. The first kappa shape index (κ1) is 40.1. The maximum absolute atomic E-state index is 3.07. The van der Waals surface area contributed by atoms with Gasteiger partial charge in [-0.25, -0.2) is 0 Å². The van der Waals surface area contributed by atoms with Crippen molar-refractivity contribution in [2.75, 3.05) is 0 Å². The third-order valence-electron chi connectivity index (χ3n) is 14.7. The van der Waals surface area contributed by atoms with Gasteiger partial charge in [-0.2, -0.15) is 0 Å². The van der Waals surface area contributed by atoms with Crippen molar-refractivity contribution in [3.05, 3.63) is 273 Å². The molecule has 0 saturated carbocycles. The number of rotatable bonds is 9. The molecule has 3 aromatic heterocycles. The van der Waals surface area contributed by atoms with Gasteiger partial charge in [0.15, 0.2) is 8.07 Å². The zero-order valence-electron chi connectivity index (χ0n) is 38.3. The second kappa shape index (κ2) is 16.1. The lowest BCUT2D eigenvalue weighted by atomic mass is 10.1. The van der Waals surface area contributed by atoms with Gasteiger partial charge in [-0.3, -0.25) is 0 Å². The molecule has 3 heterocycles. The number of para-hydroxylation sites is 2. The average molecular weight is 908 g/mol. The molecule has 0 atom stereocenters. The van der Waals surface area contributed by atoms with E-state index in [2.05, 4.69) is 287 Å². The number of hydrogen-bond acceptors (Lipinski definition) is 0. The Labute approximate surface area is 407 Å². The lowest BCUT2D eigenvalue weighted by Gasteiger charge is -2.35. The molecule has 0 spiro atoms. The van der Waals surface area contributed by atoms with E-state index in [0.29, 0.717) is 0 Å². The first-order chi connectivity index (χ1) is 34.7. The first-order valence-electron chi connectivity index (χ1n) is 24.2. The molecule has 11 aromatic carbocycles. The van der Waals surface area contributed by atoms with Gasteiger partial charge in [0, 0.05) is 38.6 Å². The first-order valence-corrected chi connectivity index (χ1v) is 26.2. The molecule has 0 aliphatic heterocycles. The summed E-state index contributed by atoms with van der Waals surface area (Å²) in [6.45, 7) is 0. The van der Waals surface area contributed by atoms with Crippen LogP contribution in [0.25, 0.3) is 94.0 Å². The molecule has 0 amide bonds. The highest BCUT2D eigenvalue weighted by Gasteiger charge is 2.42. The van der Waals surface area contributed by atoms with Crippen LogP contribution in [-0.2, 0) is 0 Å². The van der Waals surface area contributed by atoms with Gasteiger partial charge < -0.3 is 13.7 Å². The highest BCUT2D eigenvalue weighted by Crippen LogP contribution is 2.43. The summed E-state index contributed by atoms with van der Waals surface area (Å²) in [4.78, 5) is 0. The smallest absolute Gasteiger partial charge is 0.179 e. The van der Waals surface area contributed by atoms with Crippen molar-refractivity contribution in [2.24, 2.45) is 0 Å². The summed E-state index contributed by atoms with van der Waals surface area (Å²) in [6.07, 6.45) is 0. The third kappa shape index (κ3) is 6.07. The Hall–Kier alpha value is -8.96. The maximum atomic E-state index is 2.51. The molecular weight excluding hydrogens is 863 g/mol. The number of fused-ring (bicyclic) bond motifs is 3. The van der Waals surface area contributed by atoms with Crippen LogP contribution in [0.5, 0.6) is 0 Å². The summed E-state index contributed by atoms with van der Waals surface area (Å²) < 4.78 is 7.40. The molecule has 328 valence electrons. The van der Waals surface area contributed by atoms with Crippen LogP contribution in [0.15, 0.2) is 273 Å². The largest absolute Gasteiger partial charge is 0.309 e. The molecule has 0 radical (unpaired) electrons. The Morgan fingerprint density at radius 2 is 0.586 bits per heavy atom. The van der Waals surface area contributed by atoms with Crippen LogP contribution in [-0.4, -0.2) is 21.8 Å². The normalized spacial score (nSPS) is 12.0. The number of hydrogen-bond donors (Lipinski definition) is 0. The van der Waals surface area contributed by atoms with Crippen molar-refractivity contribution in [1.82, 2.24) is 13.7 Å². The number of aromatic nitrogens is 3. The molecule has 0 N–H and O–H groups in total. The molecule has 4 heteroatoms. The standard InChI is InChI=1S/C66H45N3Si/c1-5-20-46(21-6-1)48-24-15-31-54(42-48)70(53-29-11-4-12-30-53,55-32-16-25-49(43-55)47-22-7-2-8-23-47)56-33-17-28-51(44-56)68-59-35-14-13-34-57(59)58-41-40-52(45-64(58)68)69-62-38-18-36-60-65(62)66-61(37-19-39-63(66)69)67(60)50-26-9-3-10-27-50/h1-45H. The van der Waals surface area contributed by atoms with Crippen molar-refractivity contribution < 1.29 is 0 Å². The van der Waals surface area contributed by atoms with E-state index >= 15 is 0 Å². The van der Waals surface area contributed by atoms with Crippen LogP contribution in [0.3, 0.4) is 0 Å². The second-order valence-corrected chi connectivity index (χ2v) is 22.3. The monoisotopic (exact) mass is 907 g/mol. The third-order valence-corrected chi connectivity index (χ3v) is 19.5. The van der Waals surface area contributed by atoms with E-state index in [1.165, 1.54) is 103 Å². The second-order valence-electron chi connectivity index (χ2n) is 18.5. The Bertz CT molecular complexity index is 4070. The van der Waals surface area contributed by atoms with E-state index in [4.69, 9.17) is 0 Å². The Kier molecular flexibility index (Phi) is 9.23. The molecule has 0 fully saturated rings. The van der Waals surface area contributed by atoms with E-state index in [9.17, 15) is 0 Å². The summed E-state index contributed by atoms with van der Waals surface area (Å²) in [6, 6.07) is 101. The minimum absolute atomic E-state index is 1.14. The SMILES string of the molecule is c1ccc(-c2cccc([Si](c3ccccc3)(c3cccc(-c4ccccc4)c3)c3cccc(-n4c5ccccc5c5ccc(-n6c7cccc8c7c7c(cccc76)n8-c6ccccc6)cc54)c3)c2)cc1. The van der Waals surface area contributed by atoms with Gasteiger partial charge in [0.1, 0.15) is 0 Å². The van der Waals surface area contributed by atoms with E-state index < -0.39 is 8.07 Å². The van der Waals surface area contributed by atoms with Gasteiger partial charge in [-0.15, -0.1) is 0 Å².